The minimum absolute atomic E-state index is 0.301. The zero-order valence-electron chi connectivity index (χ0n) is 11.8. The number of aliphatic hydroxyl groups excluding tert-OH is 1. The van der Waals surface area contributed by atoms with Crippen LogP contribution in [0.3, 0.4) is 0 Å². The maximum Gasteiger partial charge on any atom is 0.0820 e. The second-order valence-corrected chi connectivity index (χ2v) is 5.48. The molecule has 1 unspecified atom stereocenters. The van der Waals surface area contributed by atoms with Crippen LogP contribution in [0.1, 0.15) is 48.6 Å². The number of methoxy groups -OCH3 is 1. The van der Waals surface area contributed by atoms with Crippen molar-refractivity contribution in [2.75, 3.05) is 7.11 Å². The lowest BCUT2D eigenvalue weighted by molar-refractivity contribution is -0.0202. The Morgan fingerprint density at radius 1 is 1.12 bits per heavy atom. The zero-order valence-corrected chi connectivity index (χ0v) is 11.8. The van der Waals surface area contributed by atoms with Crippen LogP contribution in [0.2, 0.25) is 0 Å². The number of hydrogen-bond donors (Lipinski definition) is 1. The molecule has 0 saturated carbocycles. The van der Waals surface area contributed by atoms with E-state index in [1.165, 1.54) is 11.1 Å². The monoisotopic (exact) mass is 236 g/mol. The molecule has 1 aromatic rings. The van der Waals surface area contributed by atoms with E-state index in [9.17, 15) is 5.11 Å². The molecule has 0 amide bonds. The number of rotatable bonds is 4. The average Bonchev–Trinajstić information content (AvgIpc) is 2.22. The summed E-state index contributed by atoms with van der Waals surface area (Å²) in [7, 11) is 1.68. The maximum absolute atomic E-state index is 10.3. The van der Waals surface area contributed by atoms with Gasteiger partial charge >= 0.3 is 0 Å². The first-order chi connectivity index (χ1) is 7.76. The number of aliphatic hydroxyl groups is 1. The van der Waals surface area contributed by atoms with Crippen LogP contribution >= 0.6 is 0 Å². The van der Waals surface area contributed by atoms with E-state index in [1.807, 2.05) is 20.8 Å². The highest BCUT2D eigenvalue weighted by Crippen LogP contribution is 2.29. The van der Waals surface area contributed by atoms with E-state index in [4.69, 9.17) is 4.74 Å². The van der Waals surface area contributed by atoms with E-state index < -0.39 is 6.10 Å². The van der Waals surface area contributed by atoms with Crippen LogP contribution in [0.4, 0.5) is 0 Å². The molecule has 1 aromatic carbocycles. The molecule has 0 heterocycles. The first kappa shape index (κ1) is 14.2. The quantitative estimate of drug-likeness (QED) is 0.867. The molecule has 0 aliphatic rings. The predicted molar refractivity (Wildman–Crippen MR) is 71.3 cm³/mol. The van der Waals surface area contributed by atoms with Crippen LogP contribution in [0.25, 0.3) is 0 Å². The third-order valence-electron chi connectivity index (χ3n) is 3.48. The summed E-state index contributed by atoms with van der Waals surface area (Å²) in [4.78, 5) is 0. The fourth-order valence-corrected chi connectivity index (χ4v) is 2.00. The number of benzene rings is 1. The molecule has 17 heavy (non-hydrogen) atoms. The lowest BCUT2D eigenvalue weighted by Crippen LogP contribution is -2.25. The third-order valence-corrected chi connectivity index (χ3v) is 3.48. The predicted octanol–water partition coefficient (Wildman–Crippen LogP) is 3.46. The first-order valence-electron chi connectivity index (χ1n) is 6.08. The van der Waals surface area contributed by atoms with Gasteiger partial charge in [-0.3, -0.25) is 0 Å². The van der Waals surface area contributed by atoms with E-state index in [-0.39, 0.29) is 5.60 Å². The summed E-state index contributed by atoms with van der Waals surface area (Å²) >= 11 is 0. The van der Waals surface area contributed by atoms with E-state index in [0.29, 0.717) is 6.42 Å². The Hall–Kier alpha value is -0.860. The first-order valence-corrected chi connectivity index (χ1v) is 6.08. The van der Waals surface area contributed by atoms with Gasteiger partial charge in [0.05, 0.1) is 11.7 Å². The van der Waals surface area contributed by atoms with Gasteiger partial charge in [0.1, 0.15) is 0 Å². The molecule has 1 N–H and O–H groups in total. The zero-order chi connectivity index (χ0) is 13.2. The molecule has 0 radical (unpaired) electrons. The summed E-state index contributed by atoms with van der Waals surface area (Å²) in [6.45, 7) is 10.2. The van der Waals surface area contributed by atoms with E-state index in [1.54, 1.807) is 7.11 Å². The fraction of sp³-hybridized carbons (Fsp3) is 0.600. The van der Waals surface area contributed by atoms with Crippen LogP contribution in [0, 0.1) is 20.8 Å². The summed E-state index contributed by atoms with van der Waals surface area (Å²) in [6, 6.07) is 4.22. The van der Waals surface area contributed by atoms with Gasteiger partial charge < -0.3 is 9.84 Å². The van der Waals surface area contributed by atoms with Crippen molar-refractivity contribution in [3.63, 3.8) is 0 Å². The second kappa shape index (κ2) is 5.19. The maximum atomic E-state index is 10.3. The molecule has 0 spiro atoms. The van der Waals surface area contributed by atoms with Gasteiger partial charge in [-0.1, -0.05) is 12.1 Å². The molecule has 0 saturated heterocycles. The molecular formula is C15H24O2. The largest absolute Gasteiger partial charge is 0.388 e. The Balaban J connectivity index is 2.97. The molecule has 0 bridgehead atoms. The van der Waals surface area contributed by atoms with Gasteiger partial charge in [-0.25, -0.2) is 0 Å². The van der Waals surface area contributed by atoms with E-state index in [0.717, 1.165) is 11.1 Å². The summed E-state index contributed by atoms with van der Waals surface area (Å²) < 4.78 is 5.36. The highest BCUT2D eigenvalue weighted by molar-refractivity contribution is 5.37. The summed E-state index contributed by atoms with van der Waals surface area (Å²) in [5.74, 6) is 0. The topological polar surface area (TPSA) is 29.5 Å². The standard InChI is InChI=1S/C15H24O2/c1-10-7-12(3)13(8-11(10)2)14(16)9-15(4,5)17-6/h7-8,14,16H,9H2,1-6H3. The van der Waals surface area contributed by atoms with Crippen LogP contribution in [-0.4, -0.2) is 17.8 Å². The van der Waals surface area contributed by atoms with Crippen molar-refractivity contribution in [1.29, 1.82) is 0 Å². The lowest BCUT2D eigenvalue weighted by atomic mass is 9.91. The molecule has 2 heteroatoms. The van der Waals surface area contributed by atoms with Crippen molar-refractivity contribution in [2.24, 2.45) is 0 Å². The van der Waals surface area contributed by atoms with Gasteiger partial charge in [0.15, 0.2) is 0 Å². The van der Waals surface area contributed by atoms with Crippen molar-refractivity contribution < 1.29 is 9.84 Å². The molecular weight excluding hydrogens is 212 g/mol. The van der Waals surface area contributed by atoms with E-state index in [2.05, 4.69) is 26.0 Å². The highest BCUT2D eigenvalue weighted by atomic mass is 16.5. The van der Waals surface area contributed by atoms with Gasteiger partial charge in [-0.05, 0) is 56.9 Å². The molecule has 1 rings (SSSR count). The van der Waals surface area contributed by atoms with Crippen LogP contribution in [0.5, 0.6) is 0 Å². The van der Waals surface area contributed by atoms with Crippen LogP contribution in [-0.2, 0) is 4.74 Å². The minimum atomic E-state index is -0.468. The molecule has 2 nitrogen and oxygen atoms in total. The Morgan fingerprint density at radius 2 is 1.65 bits per heavy atom. The smallest absolute Gasteiger partial charge is 0.0820 e. The Bertz CT molecular complexity index is 394. The Kier molecular flexibility index (Phi) is 4.34. The molecule has 0 aliphatic carbocycles. The van der Waals surface area contributed by atoms with Crippen molar-refractivity contribution >= 4 is 0 Å². The van der Waals surface area contributed by atoms with Crippen molar-refractivity contribution in [3.8, 4) is 0 Å². The number of ether oxygens (including phenoxy) is 1. The van der Waals surface area contributed by atoms with E-state index >= 15 is 0 Å². The van der Waals surface area contributed by atoms with Gasteiger partial charge in [0.2, 0.25) is 0 Å². The van der Waals surface area contributed by atoms with Crippen molar-refractivity contribution in [3.05, 3.63) is 34.4 Å². The van der Waals surface area contributed by atoms with Crippen LogP contribution in [0.15, 0.2) is 12.1 Å². The Morgan fingerprint density at radius 3 is 2.18 bits per heavy atom. The van der Waals surface area contributed by atoms with Gasteiger partial charge in [-0.15, -0.1) is 0 Å². The summed E-state index contributed by atoms with van der Waals surface area (Å²) in [6.07, 6.45) is 0.136. The molecule has 0 fully saturated rings. The average molecular weight is 236 g/mol. The van der Waals surface area contributed by atoms with Crippen molar-refractivity contribution in [1.82, 2.24) is 0 Å². The molecule has 0 aliphatic heterocycles. The van der Waals surface area contributed by atoms with Crippen LogP contribution < -0.4 is 0 Å². The molecule has 0 aromatic heterocycles. The highest BCUT2D eigenvalue weighted by Gasteiger charge is 2.23. The summed E-state index contributed by atoms with van der Waals surface area (Å²) in [5, 5.41) is 10.3. The number of aryl methyl sites for hydroxylation is 3. The summed E-state index contributed by atoms with van der Waals surface area (Å²) in [5.41, 5.74) is 4.35. The van der Waals surface area contributed by atoms with Crippen molar-refractivity contribution in [2.45, 2.75) is 52.7 Å². The molecule has 96 valence electrons. The number of hydrogen-bond acceptors (Lipinski definition) is 2. The van der Waals surface area contributed by atoms with Gasteiger partial charge in [0, 0.05) is 13.5 Å². The van der Waals surface area contributed by atoms with Gasteiger partial charge in [0.25, 0.3) is 0 Å². The minimum Gasteiger partial charge on any atom is -0.388 e. The Labute approximate surface area is 105 Å². The lowest BCUT2D eigenvalue weighted by Gasteiger charge is -2.27. The SMILES string of the molecule is COC(C)(C)CC(O)c1cc(C)c(C)cc1C. The normalized spacial score (nSPS) is 13.8. The second-order valence-electron chi connectivity index (χ2n) is 5.48. The third kappa shape index (κ3) is 3.55. The van der Waals surface area contributed by atoms with Gasteiger partial charge in [-0.2, -0.15) is 0 Å². The molecule has 1 atom stereocenters. The fourth-order valence-electron chi connectivity index (χ4n) is 2.00.